The fourth-order valence-electron chi connectivity index (χ4n) is 2.35. The Morgan fingerprint density at radius 1 is 1.30 bits per heavy atom. The summed E-state index contributed by atoms with van der Waals surface area (Å²) in [5.74, 6) is 1.18. The van der Waals surface area contributed by atoms with Gasteiger partial charge in [-0.25, -0.2) is 0 Å². The molecule has 0 unspecified atom stereocenters. The average Bonchev–Trinajstić information content (AvgIpc) is 2.45. The largest absolute Gasteiger partial charge is 0.493 e. The van der Waals surface area contributed by atoms with Crippen LogP contribution in [-0.4, -0.2) is 44.2 Å². The van der Waals surface area contributed by atoms with Crippen molar-refractivity contribution in [3.63, 3.8) is 0 Å². The predicted octanol–water partition coefficient (Wildman–Crippen LogP) is 1.69. The monoisotopic (exact) mass is 300 g/mol. The molecule has 1 amide bonds. The molecule has 1 aromatic carbocycles. The van der Waals surface area contributed by atoms with E-state index in [-0.39, 0.29) is 24.4 Å². The maximum atomic E-state index is 12.4. The number of carbonyl (C=O) groups excluding carboxylic acids is 1. The number of carbonyl (C=O) groups is 1. The Balaban J connectivity index is 0.00000200. The smallest absolute Gasteiger partial charge is 0.254 e. The first-order valence-electron chi connectivity index (χ1n) is 6.42. The summed E-state index contributed by atoms with van der Waals surface area (Å²) in [6, 6.07) is 5.29. The van der Waals surface area contributed by atoms with Crippen LogP contribution in [-0.2, 0) is 0 Å². The van der Waals surface area contributed by atoms with Gasteiger partial charge in [-0.1, -0.05) is 0 Å². The molecule has 20 heavy (non-hydrogen) atoms. The lowest BCUT2D eigenvalue weighted by atomic mass is 10.1. The lowest BCUT2D eigenvalue weighted by Crippen LogP contribution is -2.45. The van der Waals surface area contributed by atoms with Crippen LogP contribution in [0, 0.1) is 0 Å². The zero-order valence-corrected chi connectivity index (χ0v) is 12.6. The highest BCUT2D eigenvalue weighted by Gasteiger charge is 2.23. The van der Waals surface area contributed by atoms with Crippen molar-refractivity contribution < 1.29 is 14.3 Å². The first-order chi connectivity index (χ1) is 9.15. The Bertz CT molecular complexity index is 468. The summed E-state index contributed by atoms with van der Waals surface area (Å²) in [4.78, 5) is 14.2. The molecule has 5 nitrogen and oxygen atoms in total. The number of piperidine rings is 1. The second-order valence-corrected chi connectivity index (χ2v) is 4.72. The van der Waals surface area contributed by atoms with E-state index < -0.39 is 0 Å². The first-order valence-corrected chi connectivity index (χ1v) is 6.42. The van der Waals surface area contributed by atoms with Crippen LogP contribution in [0.2, 0.25) is 0 Å². The highest BCUT2D eigenvalue weighted by molar-refractivity contribution is 5.95. The number of hydrogen-bond acceptors (Lipinski definition) is 4. The van der Waals surface area contributed by atoms with Crippen molar-refractivity contribution in [1.82, 2.24) is 4.90 Å². The van der Waals surface area contributed by atoms with E-state index in [1.807, 2.05) is 0 Å². The molecule has 0 aliphatic carbocycles. The SMILES string of the molecule is COc1ccc(C(=O)N2CCC[C@@H](N)C2)cc1OC.Cl. The molecule has 1 heterocycles. The maximum Gasteiger partial charge on any atom is 0.254 e. The van der Waals surface area contributed by atoms with Crippen molar-refractivity contribution in [2.24, 2.45) is 5.73 Å². The third-order valence-electron chi connectivity index (χ3n) is 3.38. The molecule has 2 N–H and O–H groups in total. The van der Waals surface area contributed by atoms with Gasteiger partial charge in [0.1, 0.15) is 0 Å². The van der Waals surface area contributed by atoms with Crippen molar-refractivity contribution in [1.29, 1.82) is 0 Å². The molecule has 6 heteroatoms. The Labute approximate surface area is 125 Å². The van der Waals surface area contributed by atoms with Gasteiger partial charge >= 0.3 is 0 Å². The normalized spacial score (nSPS) is 18.1. The van der Waals surface area contributed by atoms with E-state index in [1.165, 1.54) is 0 Å². The lowest BCUT2D eigenvalue weighted by Gasteiger charge is -2.30. The van der Waals surface area contributed by atoms with Crippen LogP contribution in [0.25, 0.3) is 0 Å². The van der Waals surface area contributed by atoms with Crippen molar-refractivity contribution in [3.05, 3.63) is 23.8 Å². The third-order valence-corrected chi connectivity index (χ3v) is 3.38. The summed E-state index contributed by atoms with van der Waals surface area (Å²) in [5, 5.41) is 0. The Hall–Kier alpha value is -1.46. The van der Waals surface area contributed by atoms with E-state index in [1.54, 1.807) is 37.3 Å². The molecule has 1 aromatic rings. The van der Waals surface area contributed by atoms with Gasteiger partial charge < -0.3 is 20.1 Å². The molecule has 1 aliphatic heterocycles. The van der Waals surface area contributed by atoms with Gasteiger partial charge in [-0.15, -0.1) is 12.4 Å². The molecule has 1 atom stereocenters. The van der Waals surface area contributed by atoms with Crippen LogP contribution < -0.4 is 15.2 Å². The van der Waals surface area contributed by atoms with E-state index in [2.05, 4.69) is 0 Å². The Kier molecular flexibility index (Phi) is 6.10. The van der Waals surface area contributed by atoms with E-state index in [0.29, 0.717) is 23.6 Å². The molecule has 1 fully saturated rings. The second-order valence-electron chi connectivity index (χ2n) is 4.72. The number of hydrogen-bond donors (Lipinski definition) is 1. The van der Waals surface area contributed by atoms with Crippen molar-refractivity contribution >= 4 is 18.3 Å². The second kappa shape index (κ2) is 7.36. The van der Waals surface area contributed by atoms with E-state index >= 15 is 0 Å². The molecule has 0 saturated carbocycles. The van der Waals surface area contributed by atoms with Crippen LogP contribution in [0.3, 0.4) is 0 Å². The van der Waals surface area contributed by atoms with Gasteiger partial charge in [0.05, 0.1) is 14.2 Å². The summed E-state index contributed by atoms with van der Waals surface area (Å²) >= 11 is 0. The van der Waals surface area contributed by atoms with Gasteiger partial charge in [-0.05, 0) is 31.0 Å². The van der Waals surface area contributed by atoms with E-state index in [4.69, 9.17) is 15.2 Å². The van der Waals surface area contributed by atoms with Crippen molar-refractivity contribution in [3.8, 4) is 11.5 Å². The fraction of sp³-hybridized carbons (Fsp3) is 0.500. The molecular formula is C14H21ClN2O3. The van der Waals surface area contributed by atoms with E-state index in [9.17, 15) is 4.79 Å². The third kappa shape index (κ3) is 3.55. The van der Waals surface area contributed by atoms with Crippen molar-refractivity contribution in [2.75, 3.05) is 27.3 Å². The molecular weight excluding hydrogens is 280 g/mol. The van der Waals surface area contributed by atoms with E-state index in [0.717, 1.165) is 19.4 Å². The molecule has 0 spiro atoms. The number of benzene rings is 1. The van der Waals surface area contributed by atoms with Gasteiger partial charge in [-0.3, -0.25) is 4.79 Å². The molecule has 0 radical (unpaired) electrons. The topological polar surface area (TPSA) is 64.8 Å². The molecule has 112 valence electrons. The quantitative estimate of drug-likeness (QED) is 0.922. The molecule has 1 aliphatic rings. The summed E-state index contributed by atoms with van der Waals surface area (Å²) in [6.45, 7) is 1.38. The average molecular weight is 301 g/mol. The van der Waals surface area contributed by atoms with Crippen LogP contribution in [0.15, 0.2) is 18.2 Å². The minimum absolute atomic E-state index is 0. The summed E-state index contributed by atoms with van der Waals surface area (Å²) in [6.07, 6.45) is 1.94. The number of halogens is 1. The minimum Gasteiger partial charge on any atom is -0.493 e. The highest BCUT2D eigenvalue weighted by atomic mass is 35.5. The lowest BCUT2D eigenvalue weighted by molar-refractivity contribution is 0.0708. The Morgan fingerprint density at radius 3 is 2.60 bits per heavy atom. The van der Waals surface area contributed by atoms with Gasteiger partial charge in [-0.2, -0.15) is 0 Å². The number of methoxy groups -OCH3 is 2. The van der Waals surface area contributed by atoms with Crippen LogP contribution in [0.1, 0.15) is 23.2 Å². The fourth-order valence-corrected chi connectivity index (χ4v) is 2.35. The van der Waals surface area contributed by atoms with Gasteiger partial charge in [0.15, 0.2) is 11.5 Å². The van der Waals surface area contributed by atoms with Crippen LogP contribution >= 0.6 is 12.4 Å². The standard InChI is InChI=1S/C14H20N2O3.ClH/c1-18-12-6-5-10(8-13(12)19-2)14(17)16-7-3-4-11(15)9-16;/h5-6,8,11H,3-4,7,9,15H2,1-2H3;1H/t11-;/m1./s1. The number of nitrogens with zero attached hydrogens (tertiary/aromatic N) is 1. The van der Waals surface area contributed by atoms with Gasteiger partial charge in [0, 0.05) is 24.7 Å². The Morgan fingerprint density at radius 2 is 2.00 bits per heavy atom. The maximum absolute atomic E-state index is 12.4. The van der Waals surface area contributed by atoms with Crippen LogP contribution in [0.5, 0.6) is 11.5 Å². The predicted molar refractivity (Wildman–Crippen MR) is 79.9 cm³/mol. The molecule has 1 saturated heterocycles. The summed E-state index contributed by atoms with van der Waals surface area (Å²) < 4.78 is 10.4. The van der Waals surface area contributed by atoms with Gasteiger partial charge in [0.2, 0.25) is 0 Å². The zero-order chi connectivity index (χ0) is 13.8. The van der Waals surface area contributed by atoms with Crippen LogP contribution in [0.4, 0.5) is 0 Å². The number of likely N-dealkylation sites (tertiary alicyclic amines) is 1. The first kappa shape index (κ1) is 16.6. The summed E-state index contributed by atoms with van der Waals surface area (Å²) in [5.41, 5.74) is 6.51. The molecule has 0 bridgehead atoms. The van der Waals surface area contributed by atoms with Crippen molar-refractivity contribution in [2.45, 2.75) is 18.9 Å². The number of amides is 1. The minimum atomic E-state index is -0.00361. The highest BCUT2D eigenvalue weighted by Crippen LogP contribution is 2.28. The molecule has 2 rings (SSSR count). The number of ether oxygens (including phenoxy) is 2. The molecule has 0 aromatic heterocycles. The summed E-state index contributed by atoms with van der Waals surface area (Å²) in [7, 11) is 3.13. The number of nitrogens with two attached hydrogens (primary N) is 1. The zero-order valence-electron chi connectivity index (χ0n) is 11.8. The number of rotatable bonds is 3. The van der Waals surface area contributed by atoms with Gasteiger partial charge in [0.25, 0.3) is 5.91 Å².